The number of nitrogens with one attached hydrogen (secondary N) is 1. The molecule has 7 heteroatoms. The van der Waals surface area contributed by atoms with Crippen molar-refractivity contribution < 1.29 is 9.66 Å². The van der Waals surface area contributed by atoms with Crippen LogP contribution in [-0.2, 0) is 0 Å². The molecule has 0 unspecified atom stereocenters. The maximum absolute atomic E-state index is 10.7. The van der Waals surface area contributed by atoms with E-state index in [0.29, 0.717) is 17.1 Å². The Morgan fingerprint density at radius 2 is 1.90 bits per heavy atom. The largest absolute Gasteiger partial charge is 0.497 e. The number of methoxy groups -OCH3 is 1. The van der Waals surface area contributed by atoms with E-state index in [9.17, 15) is 15.0 Å². The van der Waals surface area contributed by atoms with Crippen LogP contribution >= 0.6 is 0 Å². The molecule has 7 nitrogen and oxygen atoms in total. The normalized spacial score (nSPS) is 9.85. The first kappa shape index (κ1) is 13.5. The number of benzene rings is 2. The molecule has 2 rings (SSSR count). The molecule has 0 saturated heterocycles. The predicted octanol–water partition coefficient (Wildman–Crippen LogP) is 3.74. The van der Waals surface area contributed by atoms with Gasteiger partial charge < -0.3 is 10.1 Å². The molecular weight excluding hydrogens is 262 g/mol. The molecule has 0 aliphatic carbocycles. The van der Waals surface area contributed by atoms with Gasteiger partial charge in [0.1, 0.15) is 11.4 Å². The summed E-state index contributed by atoms with van der Waals surface area (Å²) in [5, 5.41) is 16.4. The van der Waals surface area contributed by atoms with Crippen molar-refractivity contribution in [1.29, 1.82) is 0 Å². The molecular formula is C13H11N3O4. The third-order valence-corrected chi connectivity index (χ3v) is 2.66. The summed E-state index contributed by atoms with van der Waals surface area (Å²) in [6.07, 6.45) is 0. The number of ether oxygens (including phenoxy) is 1. The van der Waals surface area contributed by atoms with Crippen LogP contribution in [0.2, 0.25) is 0 Å². The first-order valence-electron chi connectivity index (χ1n) is 5.67. The Balaban J connectivity index is 2.28. The van der Waals surface area contributed by atoms with Crippen LogP contribution in [0.3, 0.4) is 0 Å². The Bertz CT molecular complexity index is 641. The predicted molar refractivity (Wildman–Crippen MR) is 74.8 cm³/mol. The highest BCUT2D eigenvalue weighted by atomic mass is 16.6. The van der Waals surface area contributed by atoms with Crippen LogP contribution in [0.4, 0.5) is 22.7 Å². The van der Waals surface area contributed by atoms with Gasteiger partial charge in [0.25, 0.3) is 5.69 Å². The molecule has 0 heterocycles. The number of hydrogen-bond acceptors (Lipinski definition) is 6. The van der Waals surface area contributed by atoms with Gasteiger partial charge in [-0.2, -0.15) is 0 Å². The zero-order valence-corrected chi connectivity index (χ0v) is 10.6. The molecule has 2 aromatic carbocycles. The molecule has 0 aromatic heterocycles. The Morgan fingerprint density at radius 3 is 2.45 bits per heavy atom. The van der Waals surface area contributed by atoms with Crippen LogP contribution in [-0.4, -0.2) is 12.0 Å². The van der Waals surface area contributed by atoms with E-state index in [1.54, 1.807) is 24.3 Å². The minimum absolute atomic E-state index is 0.00470. The van der Waals surface area contributed by atoms with Gasteiger partial charge in [0.2, 0.25) is 0 Å². The lowest BCUT2D eigenvalue weighted by atomic mass is 10.2. The summed E-state index contributed by atoms with van der Waals surface area (Å²) in [7, 11) is 1.51. The van der Waals surface area contributed by atoms with Gasteiger partial charge in [-0.3, -0.25) is 10.1 Å². The van der Waals surface area contributed by atoms with Crippen molar-refractivity contribution in [2.24, 2.45) is 5.18 Å². The smallest absolute Gasteiger partial charge is 0.269 e. The van der Waals surface area contributed by atoms with E-state index in [1.165, 1.54) is 25.3 Å². The summed E-state index contributed by atoms with van der Waals surface area (Å²) in [5.74, 6) is 0.571. The number of hydrogen-bond donors (Lipinski definition) is 1. The maximum Gasteiger partial charge on any atom is 0.269 e. The molecule has 0 saturated carbocycles. The Labute approximate surface area is 114 Å². The van der Waals surface area contributed by atoms with Crippen LogP contribution in [0, 0.1) is 15.0 Å². The van der Waals surface area contributed by atoms with Gasteiger partial charge in [0.05, 0.1) is 17.7 Å². The Morgan fingerprint density at radius 1 is 1.20 bits per heavy atom. The van der Waals surface area contributed by atoms with Gasteiger partial charge in [-0.05, 0) is 29.4 Å². The quantitative estimate of drug-likeness (QED) is 0.508. The maximum atomic E-state index is 10.7. The van der Waals surface area contributed by atoms with E-state index in [2.05, 4.69) is 10.5 Å². The number of non-ortho nitro benzene ring substituents is 1. The number of nitrogens with zero attached hydrogens (tertiary/aromatic N) is 2. The van der Waals surface area contributed by atoms with Crippen LogP contribution in [0.5, 0.6) is 5.75 Å². The zero-order chi connectivity index (χ0) is 14.5. The molecule has 20 heavy (non-hydrogen) atoms. The third kappa shape index (κ3) is 2.89. The fraction of sp³-hybridized carbons (Fsp3) is 0.0769. The zero-order valence-electron chi connectivity index (χ0n) is 10.6. The Hall–Kier alpha value is -2.96. The number of anilines is 2. The van der Waals surface area contributed by atoms with Crippen molar-refractivity contribution in [2.45, 2.75) is 0 Å². The molecule has 1 N–H and O–H groups in total. The van der Waals surface area contributed by atoms with Gasteiger partial charge in [-0.15, -0.1) is 4.91 Å². The van der Waals surface area contributed by atoms with Crippen LogP contribution < -0.4 is 10.1 Å². The summed E-state index contributed by atoms with van der Waals surface area (Å²) in [6, 6.07) is 10.6. The van der Waals surface area contributed by atoms with Gasteiger partial charge >= 0.3 is 0 Å². The molecule has 0 fully saturated rings. The van der Waals surface area contributed by atoms with E-state index in [1.807, 2.05) is 0 Å². The first-order valence-corrected chi connectivity index (χ1v) is 5.67. The molecule has 0 amide bonds. The molecule has 0 radical (unpaired) electrons. The molecule has 102 valence electrons. The number of nitro benzene ring substituents is 1. The van der Waals surface area contributed by atoms with Crippen molar-refractivity contribution >= 4 is 22.7 Å². The van der Waals surface area contributed by atoms with Crippen LogP contribution in [0.15, 0.2) is 47.6 Å². The van der Waals surface area contributed by atoms with Gasteiger partial charge in [0, 0.05) is 23.9 Å². The number of rotatable bonds is 5. The highest BCUT2D eigenvalue weighted by molar-refractivity contribution is 5.73. The second-order valence-electron chi connectivity index (χ2n) is 3.90. The number of nitroso groups, excluding NO2 is 1. The van der Waals surface area contributed by atoms with Gasteiger partial charge in [0.15, 0.2) is 0 Å². The molecule has 0 atom stereocenters. The minimum atomic E-state index is -0.478. The summed E-state index contributed by atoms with van der Waals surface area (Å²) in [6.45, 7) is 0. The second kappa shape index (κ2) is 5.79. The molecule has 0 aliphatic rings. The van der Waals surface area contributed by atoms with E-state index < -0.39 is 4.92 Å². The topological polar surface area (TPSA) is 93.8 Å². The minimum Gasteiger partial charge on any atom is -0.497 e. The summed E-state index contributed by atoms with van der Waals surface area (Å²) < 4.78 is 5.07. The van der Waals surface area contributed by atoms with E-state index in [4.69, 9.17) is 4.74 Å². The third-order valence-electron chi connectivity index (χ3n) is 2.66. The molecule has 0 bridgehead atoms. The lowest BCUT2D eigenvalue weighted by Gasteiger charge is -2.09. The Kier molecular flexibility index (Phi) is 3.90. The summed E-state index contributed by atoms with van der Waals surface area (Å²) in [4.78, 5) is 20.8. The molecule has 2 aromatic rings. The lowest BCUT2D eigenvalue weighted by Crippen LogP contribution is -1.93. The van der Waals surface area contributed by atoms with Gasteiger partial charge in [-0.1, -0.05) is 0 Å². The van der Waals surface area contributed by atoms with Gasteiger partial charge in [-0.25, -0.2) is 0 Å². The molecule has 0 aliphatic heterocycles. The van der Waals surface area contributed by atoms with E-state index in [0.717, 1.165) is 0 Å². The second-order valence-corrected chi connectivity index (χ2v) is 3.90. The number of nitro groups is 1. The molecule has 0 spiro atoms. The highest BCUT2D eigenvalue weighted by Crippen LogP contribution is 2.32. The van der Waals surface area contributed by atoms with Crippen molar-refractivity contribution in [3.8, 4) is 5.75 Å². The van der Waals surface area contributed by atoms with E-state index >= 15 is 0 Å². The van der Waals surface area contributed by atoms with Crippen LogP contribution in [0.1, 0.15) is 0 Å². The lowest BCUT2D eigenvalue weighted by molar-refractivity contribution is -0.384. The van der Waals surface area contributed by atoms with Crippen molar-refractivity contribution in [3.05, 3.63) is 57.5 Å². The average molecular weight is 273 g/mol. The standard InChI is InChI=1S/C13H11N3O4/c1-20-11-6-7-12(15-17)13(8-11)14-9-2-4-10(5-3-9)16(18)19/h2-8,14H,1H3. The highest BCUT2D eigenvalue weighted by Gasteiger charge is 2.07. The summed E-state index contributed by atoms with van der Waals surface area (Å²) in [5.41, 5.74) is 1.29. The fourth-order valence-electron chi connectivity index (χ4n) is 1.64. The first-order chi connectivity index (χ1) is 9.63. The van der Waals surface area contributed by atoms with Crippen molar-refractivity contribution in [3.63, 3.8) is 0 Å². The SMILES string of the molecule is COc1ccc(N=O)c(Nc2ccc([N+](=O)[O-])cc2)c1. The fourth-order valence-corrected chi connectivity index (χ4v) is 1.64. The average Bonchev–Trinajstić information content (AvgIpc) is 2.47. The monoisotopic (exact) mass is 273 g/mol. The van der Waals surface area contributed by atoms with Crippen LogP contribution in [0.25, 0.3) is 0 Å². The van der Waals surface area contributed by atoms with Crippen molar-refractivity contribution in [1.82, 2.24) is 0 Å². The summed E-state index contributed by atoms with van der Waals surface area (Å²) >= 11 is 0. The van der Waals surface area contributed by atoms with Crippen molar-refractivity contribution in [2.75, 3.05) is 12.4 Å². The van der Waals surface area contributed by atoms with E-state index in [-0.39, 0.29) is 11.4 Å².